The van der Waals surface area contributed by atoms with Gasteiger partial charge >= 0.3 is 5.97 Å². The summed E-state index contributed by atoms with van der Waals surface area (Å²) in [4.78, 5) is 22.9. The van der Waals surface area contributed by atoms with Crippen molar-refractivity contribution in [2.45, 2.75) is 6.04 Å². The van der Waals surface area contributed by atoms with Crippen molar-refractivity contribution in [1.82, 2.24) is 4.90 Å². The van der Waals surface area contributed by atoms with Gasteiger partial charge < -0.3 is 10.0 Å². The number of hydrogen-bond donors (Lipinski definition) is 1. The molecule has 1 aromatic carbocycles. The van der Waals surface area contributed by atoms with Crippen LogP contribution in [0.2, 0.25) is 0 Å². The number of carboxylic acids is 1. The number of carbonyl (C=O) groups is 2. The molecule has 0 saturated heterocycles. The summed E-state index contributed by atoms with van der Waals surface area (Å²) in [7, 11) is 0. The summed E-state index contributed by atoms with van der Waals surface area (Å²) in [6.07, 6.45) is 0. The second kappa shape index (κ2) is 4.28. The third kappa shape index (κ3) is 1.79. The molecule has 1 unspecified atom stereocenters. The second-order valence-corrected chi connectivity index (χ2v) is 3.81. The Hall–Kier alpha value is -2.56. The molecule has 0 aromatic heterocycles. The van der Waals surface area contributed by atoms with Gasteiger partial charge in [0.1, 0.15) is 12.6 Å². The Morgan fingerprint density at radius 2 is 2.05 bits per heavy atom. The SMILES string of the molecule is N#CC1c2cc(F)c(F)c(F)c2C(=O)N1CC(=O)O. The van der Waals surface area contributed by atoms with Crippen LogP contribution in [-0.2, 0) is 4.79 Å². The average Bonchev–Trinajstić information content (AvgIpc) is 2.59. The Kier molecular flexibility index (Phi) is 2.90. The number of nitrogens with zero attached hydrogens (tertiary/aromatic N) is 2. The lowest BCUT2D eigenvalue weighted by Gasteiger charge is -2.16. The Morgan fingerprint density at radius 3 is 2.58 bits per heavy atom. The fourth-order valence-electron chi connectivity index (χ4n) is 1.92. The Morgan fingerprint density at radius 1 is 1.42 bits per heavy atom. The van der Waals surface area contributed by atoms with Crippen LogP contribution in [0, 0.1) is 28.8 Å². The summed E-state index contributed by atoms with van der Waals surface area (Å²) in [6.45, 7) is -0.867. The lowest BCUT2D eigenvalue weighted by molar-refractivity contribution is -0.137. The van der Waals surface area contributed by atoms with Crippen LogP contribution >= 0.6 is 0 Å². The first-order valence-electron chi connectivity index (χ1n) is 4.98. The van der Waals surface area contributed by atoms with Gasteiger partial charge in [0, 0.05) is 5.56 Å². The van der Waals surface area contributed by atoms with Gasteiger partial charge in [0.25, 0.3) is 5.91 Å². The molecule has 0 saturated carbocycles. The van der Waals surface area contributed by atoms with Crippen molar-refractivity contribution >= 4 is 11.9 Å². The molecule has 19 heavy (non-hydrogen) atoms. The highest BCUT2D eigenvalue weighted by Gasteiger charge is 2.42. The first-order chi connectivity index (χ1) is 8.88. The molecule has 1 aliphatic heterocycles. The van der Waals surface area contributed by atoms with E-state index in [4.69, 9.17) is 10.4 Å². The molecule has 1 amide bonds. The number of halogens is 3. The highest BCUT2D eigenvalue weighted by Crippen LogP contribution is 2.36. The third-order valence-electron chi connectivity index (χ3n) is 2.70. The van der Waals surface area contributed by atoms with Crippen molar-refractivity contribution < 1.29 is 27.9 Å². The lowest BCUT2D eigenvalue weighted by Crippen LogP contribution is -2.32. The predicted molar refractivity (Wildman–Crippen MR) is 53.3 cm³/mol. The molecule has 98 valence electrons. The summed E-state index contributed by atoms with van der Waals surface area (Å²) in [5, 5.41) is 17.5. The van der Waals surface area contributed by atoms with Crippen LogP contribution in [-0.4, -0.2) is 28.4 Å². The molecule has 1 aliphatic rings. The number of fused-ring (bicyclic) bond motifs is 1. The van der Waals surface area contributed by atoms with Crippen LogP contribution < -0.4 is 0 Å². The normalized spacial score (nSPS) is 17.3. The molecule has 1 atom stereocenters. The van der Waals surface area contributed by atoms with E-state index in [0.717, 1.165) is 0 Å². The maximum absolute atomic E-state index is 13.5. The monoisotopic (exact) mass is 270 g/mol. The molecule has 0 aliphatic carbocycles. The van der Waals surface area contributed by atoms with E-state index in [-0.39, 0.29) is 5.56 Å². The van der Waals surface area contributed by atoms with Crippen LogP contribution in [0.3, 0.4) is 0 Å². The maximum Gasteiger partial charge on any atom is 0.323 e. The Balaban J connectivity index is 2.63. The summed E-state index contributed by atoms with van der Waals surface area (Å²) in [5.41, 5.74) is -1.17. The molecular weight excluding hydrogens is 265 g/mol. The lowest BCUT2D eigenvalue weighted by atomic mass is 10.0. The van der Waals surface area contributed by atoms with E-state index >= 15 is 0 Å². The molecule has 0 spiro atoms. The fraction of sp³-hybridized carbons (Fsp3) is 0.182. The quantitative estimate of drug-likeness (QED) is 0.819. The number of aliphatic carboxylic acids is 1. The topological polar surface area (TPSA) is 81.4 Å². The number of benzene rings is 1. The molecule has 0 radical (unpaired) electrons. The number of amides is 1. The summed E-state index contributed by atoms with van der Waals surface area (Å²) < 4.78 is 39.7. The van der Waals surface area contributed by atoms with Crippen LogP contribution in [0.1, 0.15) is 22.0 Å². The van der Waals surface area contributed by atoms with Gasteiger partial charge in [0.15, 0.2) is 17.5 Å². The van der Waals surface area contributed by atoms with Gasteiger partial charge in [0.2, 0.25) is 0 Å². The van der Waals surface area contributed by atoms with Crippen molar-refractivity contribution in [2.75, 3.05) is 6.54 Å². The molecule has 0 bridgehead atoms. The van der Waals surface area contributed by atoms with Crippen molar-refractivity contribution in [3.05, 3.63) is 34.6 Å². The molecular formula is C11H5F3N2O3. The van der Waals surface area contributed by atoms with Crippen LogP contribution in [0.25, 0.3) is 0 Å². The number of nitriles is 1. The summed E-state index contributed by atoms with van der Waals surface area (Å²) in [6, 6.07) is 0.640. The van der Waals surface area contributed by atoms with E-state index in [0.29, 0.717) is 11.0 Å². The van der Waals surface area contributed by atoms with Gasteiger partial charge in [-0.2, -0.15) is 5.26 Å². The zero-order chi connectivity index (χ0) is 14.3. The maximum atomic E-state index is 13.5. The number of hydrogen-bond acceptors (Lipinski definition) is 3. The molecule has 1 aromatic rings. The van der Waals surface area contributed by atoms with Gasteiger partial charge in [-0.25, -0.2) is 13.2 Å². The van der Waals surface area contributed by atoms with Gasteiger partial charge in [-0.3, -0.25) is 9.59 Å². The molecule has 0 fully saturated rings. The van der Waals surface area contributed by atoms with Crippen LogP contribution in [0.15, 0.2) is 6.07 Å². The number of carbonyl (C=O) groups excluding carboxylic acids is 1. The van der Waals surface area contributed by atoms with Gasteiger partial charge in [-0.15, -0.1) is 0 Å². The van der Waals surface area contributed by atoms with Crippen molar-refractivity contribution in [3.8, 4) is 6.07 Å². The molecule has 2 rings (SSSR count). The number of carboxylic acid groups (broad SMARTS) is 1. The van der Waals surface area contributed by atoms with Crippen molar-refractivity contribution in [2.24, 2.45) is 0 Å². The van der Waals surface area contributed by atoms with E-state index in [9.17, 15) is 22.8 Å². The fourth-order valence-corrected chi connectivity index (χ4v) is 1.92. The standard InChI is InChI=1S/C11H5F3N2O3/c12-5-1-4-6(2-15)16(3-7(17)18)11(19)8(4)10(14)9(5)13/h1,6H,3H2,(H,17,18). The zero-order valence-corrected chi connectivity index (χ0v) is 9.15. The highest BCUT2D eigenvalue weighted by molar-refractivity contribution is 6.01. The van der Waals surface area contributed by atoms with Crippen LogP contribution in [0.4, 0.5) is 13.2 Å². The minimum Gasteiger partial charge on any atom is -0.480 e. The molecule has 1 heterocycles. The minimum absolute atomic E-state index is 0.370. The molecule has 1 N–H and O–H groups in total. The molecule has 5 nitrogen and oxygen atoms in total. The first-order valence-corrected chi connectivity index (χ1v) is 4.98. The van der Waals surface area contributed by atoms with Crippen LogP contribution in [0.5, 0.6) is 0 Å². The van der Waals surface area contributed by atoms with Gasteiger partial charge in [-0.1, -0.05) is 0 Å². The predicted octanol–water partition coefficient (Wildman–Crippen LogP) is 1.21. The van der Waals surface area contributed by atoms with E-state index in [1.165, 1.54) is 0 Å². The van der Waals surface area contributed by atoms with Gasteiger partial charge in [0.05, 0.1) is 11.6 Å². The van der Waals surface area contributed by atoms with E-state index < -0.39 is 47.5 Å². The largest absolute Gasteiger partial charge is 0.480 e. The third-order valence-corrected chi connectivity index (χ3v) is 2.70. The summed E-state index contributed by atoms with van der Waals surface area (Å²) >= 11 is 0. The first kappa shape index (κ1) is 12.9. The second-order valence-electron chi connectivity index (χ2n) is 3.81. The average molecular weight is 270 g/mol. The number of rotatable bonds is 2. The Bertz CT molecular complexity index is 639. The van der Waals surface area contributed by atoms with Crippen molar-refractivity contribution in [1.29, 1.82) is 5.26 Å². The van der Waals surface area contributed by atoms with E-state index in [1.807, 2.05) is 0 Å². The minimum atomic E-state index is -1.83. The van der Waals surface area contributed by atoms with Gasteiger partial charge in [-0.05, 0) is 6.07 Å². The summed E-state index contributed by atoms with van der Waals surface area (Å²) in [5.74, 6) is -7.67. The molecule has 8 heteroatoms. The smallest absolute Gasteiger partial charge is 0.323 e. The van der Waals surface area contributed by atoms with E-state index in [1.54, 1.807) is 6.07 Å². The Labute approximate surface area is 104 Å². The van der Waals surface area contributed by atoms with Crippen molar-refractivity contribution in [3.63, 3.8) is 0 Å². The zero-order valence-electron chi connectivity index (χ0n) is 9.15. The highest BCUT2D eigenvalue weighted by atomic mass is 19.2. The van der Waals surface area contributed by atoms with E-state index in [2.05, 4.69) is 0 Å².